The van der Waals surface area contributed by atoms with Crippen molar-refractivity contribution in [2.24, 2.45) is 7.05 Å². The normalized spacial score (nSPS) is 25.0. The predicted molar refractivity (Wildman–Crippen MR) is 90.7 cm³/mol. The molecule has 2 fully saturated rings. The molecule has 1 aromatic heterocycles. The summed E-state index contributed by atoms with van der Waals surface area (Å²) in [6, 6.07) is 6.28. The number of hydrogen-bond acceptors (Lipinski definition) is 4. The maximum absolute atomic E-state index is 12.3. The van der Waals surface area contributed by atoms with Crippen molar-refractivity contribution in [2.75, 3.05) is 13.1 Å². The smallest absolute Gasteiger partial charge is 0.235 e. The summed E-state index contributed by atoms with van der Waals surface area (Å²) in [6.45, 7) is 2.07. The lowest BCUT2D eigenvalue weighted by Gasteiger charge is -2.24. The highest BCUT2D eigenvalue weighted by Crippen LogP contribution is 2.35. The summed E-state index contributed by atoms with van der Waals surface area (Å²) in [4.78, 5) is 23.7. The molecule has 2 amide bonds. The Bertz CT molecular complexity index is 805. The Morgan fingerprint density at radius 3 is 2.88 bits per heavy atom. The molecule has 2 aliphatic heterocycles. The van der Waals surface area contributed by atoms with E-state index in [0.29, 0.717) is 18.8 Å². The summed E-state index contributed by atoms with van der Waals surface area (Å²) in [7, 11) is 1.94. The van der Waals surface area contributed by atoms with Crippen LogP contribution in [0.1, 0.15) is 48.8 Å². The number of rotatable bonds is 2. The Morgan fingerprint density at radius 1 is 1.25 bits per heavy atom. The number of imide groups is 1. The highest BCUT2D eigenvalue weighted by molar-refractivity contribution is 6.02. The van der Waals surface area contributed by atoms with E-state index < -0.39 is 0 Å². The summed E-state index contributed by atoms with van der Waals surface area (Å²) >= 11 is 0. The Morgan fingerprint density at radius 2 is 2.12 bits per heavy atom. The second-order valence-electron chi connectivity index (χ2n) is 6.80. The van der Waals surface area contributed by atoms with Gasteiger partial charge in [0.2, 0.25) is 11.8 Å². The fourth-order valence-electron chi connectivity index (χ4n) is 4.05. The van der Waals surface area contributed by atoms with Crippen LogP contribution in [0.15, 0.2) is 18.2 Å². The molecule has 0 bridgehead atoms. The Hall–Kier alpha value is -2.21. The zero-order chi connectivity index (χ0) is 16.7. The molecule has 6 heteroatoms. The van der Waals surface area contributed by atoms with Crippen LogP contribution in [0.4, 0.5) is 0 Å². The van der Waals surface area contributed by atoms with Crippen LogP contribution < -0.4 is 10.6 Å². The van der Waals surface area contributed by atoms with Gasteiger partial charge in [0.1, 0.15) is 0 Å². The van der Waals surface area contributed by atoms with Crippen molar-refractivity contribution in [3.8, 4) is 0 Å². The first kappa shape index (κ1) is 15.3. The van der Waals surface area contributed by atoms with Crippen LogP contribution in [0.25, 0.3) is 10.9 Å². The van der Waals surface area contributed by atoms with Crippen molar-refractivity contribution in [3.63, 3.8) is 0 Å². The number of carbonyl (C=O) groups excluding carboxylic acids is 2. The largest absolute Gasteiger partial charge is 0.316 e. The molecule has 2 unspecified atom stereocenters. The van der Waals surface area contributed by atoms with Gasteiger partial charge in [0.05, 0.1) is 17.1 Å². The first-order chi connectivity index (χ1) is 11.6. The van der Waals surface area contributed by atoms with Crippen LogP contribution >= 0.6 is 0 Å². The number of aryl methyl sites for hydroxylation is 1. The molecule has 2 atom stereocenters. The Kier molecular flexibility index (Phi) is 3.84. The van der Waals surface area contributed by atoms with Crippen molar-refractivity contribution >= 4 is 22.7 Å². The van der Waals surface area contributed by atoms with Gasteiger partial charge in [-0.05, 0) is 37.3 Å². The number of carbonyl (C=O) groups is 2. The third-order valence-electron chi connectivity index (χ3n) is 5.23. The van der Waals surface area contributed by atoms with E-state index in [9.17, 15) is 9.59 Å². The minimum atomic E-state index is -0.342. The molecule has 6 nitrogen and oxygen atoms in total. The molecule has 1 aromatic carbocycles. The second kappa shape index (κ2) is 6.02. The highest BCUT2D eigenvalue weighted by Gasteiger charge is 2.32. The van der Waals surface area contributed by atoms with Gasteiger partial charge in [0, 0.05) is 25.4 Å². The summed E-state index contributed by atoms with van der Waals surface area (Å²) in [6.07, 6.45) is 3.26. The van der Waals surface area contributed by atoms with Crippen molar-refractivity contribution in [2.45, 2.75) is 37.5 Å². The number of aromatic nitrogens is 2. The fraction of sp³-hybridized carbons (Fsp3) is 0.500. The van der Waals surface area contributed by atoms with E-state index in [1.54, 1.807) is 0 Å². The predicted octanol–water partition coefficient (Wildman–Crippen LogP) is 1.56. The van der Waals surface area contributed by atoms with Gasteiger partial charge in [0.25, 0.3) is 0 Å². The molecule has 126 valence electrons. The Labute approximate surface area is 140 Å². The number of fused-ring (bicyclic) bond motifs is 1. The van der Waals surface area contributed by atoms with Gasteiger partial charge in [-0.3, -0.25) is 19.6 Å². The molecule has 0 radical (unpaired) electrons. The van der Waals surface area contributed by atoms with Gasteiger partial charge >= 0.3 is 0 Å². The van der Waals surface area contributed by atoms with Crippen LogP contribution in [0.3, 0.4) is 0 Å². The molecular weight excluding hydrogens is 304 g/mol. The lowest BCUT2D eigenvalue weighted by molar-refractivity contribution is -0.134. The molecule has 2 N–H and O–H groups in total. The van der Waals surface area contributed by atoms with Gasteiger partial charge in [-0.1, -0.05) is 18.2 Å². The zero-order valence-corrected chi connectivity index (χ0v) is 13.8. The zero-order valence-electron chi connectivity index (χ0n) is 13.8. The first-order valence-corrected chi connectivity index (χ1v) is 8.65. The molecule has 3 heterocycles. The van der Waals surface area contributed by atoms with Crippen LogP contribution in [-0.4, -0.2) is 34.7 Å². The van der Waals surface area contributed by atoms with E-state index in [0.717, 1.165) is 29.7 Å². The lowest BCUT2D eigenvalue weighted by atomic mass is 9.88. The highest BCUT2D eigenvalue weighted by atomic mass is 16.2. The number of piperidine rings is 2. The van der Waals surface area contributed by atoms with Gasteiger partial charge in [-0.25, -0.2) is 0 Å². The lowest BCUT2D eigenvalue weighted by Crippen LogP contribution is -2.39. The van der Waals surface area contributed by atoms with Crippen molar-refractivity contribution in [3.05, 3.63) is 29.5 Å². The monoisotopic (exact) mass is 326 g/mol. The topological polar surface area (TPSA) is 76.0 Å². The van der Waals surface area contributed by atoms with E-state index >= 15 is 0 Å². The molecule has 2 aliphatic rings. The standard InChI is InChI=1S/C18H22N4O2/c1-22-17-12(11-4-3-9-19-10-11)5-2-6-13(17)16(21-22)14-7-8-15(23)20-18(14)24/h2,5-6,11,14,19H,3-4,7-10H2,1H3,(H,20,23,24). The molecule has 0 saturated carbocycles. The molecule has 2 aromatic rings. The summed E-state index contributed by atoms with van der Waals surface area (Å²) in [5.74, 6) is -0.278. The fourth-order valence-corrected chi connectivity index (χ4v) is 4.05. The van der Waals surface area contributed by atoms with Crippen molar-refractivity contribution in [1.29, 1.82) is 0 Å². The number of amides is 2. The number of benzene rings is 1. The van der Waals surface area contributed by atoms with Gasteiger partial charge in [-0.2, -0.15) is 5.10 Å². The van der Waals surface area contributed by atoms with E-state index in [1.807, 2.05) is 17.8 Å². The SMILES string of the molecule is Cn1nc(C2CCC(=O)NC2=O)c2cccc(C3CCCNC3)c21. The van der Waals surface area contributed by atoms with E-state index in [4.69, 9.17) is 0 Å². The van der Waals surface area contributed by atoms with Gasteiger partial charge < -0.3 is 5.32 Å². The average molecular weight is 326 g/mol. The van der Waals surface area contributed by atoms with Gasteiger partial charge in [0.15, 0.2) is 0 Å². The molecular formula is C18H22N4O2. The van der Waals surface area contributed by atoms with Crippen molar-refractivity contribution < 1.29 is 9.59 Å². The van der Waals surface area contributed by atoms with E-state index in [-0.39, 0.29) is 17.7 Å². The number of hydrogen-bond donors (Lipinski definition) is 2. The summed E-state index contributed by atoms with van der Waals surface area (Å²) < 4.78 is 1.90. The van der Waals surface area contributed by atoms with Crippen molar-refractivity contribution in [1.82, 2.24) is 20.4 Å². The second-order valence-corrected chi connectivity index (χ2v) is 6.80. The van der Waals surface area contributed by atoms with Crippen LogP contribution in [-0.2, 0) is 16.6 Å². The summed E-state index contributed by atoms with van der Waals surface area (Å²) in [5, 5.41) is 11.6. The average Bonchev–Trinajstić information content (AvgIpc) is 2.93. The van der Waals surface area contributed by atoms with Crippen LogP contribution in [0.2, 0.25) is 0 Å². The minimum absolute atomic E-state index is 0.189. The third kappa shape index (κ3) is 2.51. The van der Waals surface area contributed by atoms with Gasteiger partial charge in [-0.15, -0.1) is 0 Å². The molecule has 0 aliphatic carbocycles. The first-order valence-electron chi connectivity index (χ1n) is 8.65. The molecule has 4 rings (SSSR count). The summed E-state index contributed by atoms with van der Waals surface area (Å²) in [5.41, 5.74) is 3.21. The molecule has 2 saturated heterocycles. The van der Waals surface area contributed by atoms with E-state index in [2.05, 4.69) is 27.9 Å². The number of para-hydroxylation sites is 1. The van der Waals surface area contributed by atoms with E-state index in [1.165, 1.54) is 18.4 Å². The maximum Gasteiger partial charge on any atom is 0.235 e. The third-order valence-corrected chi connectivity index (χ3v) is 5.23. The maximum atomic E-state index is 12.3. The molecule has 0 spiro atoms. The minimum Gasteiger partial charge on any atom is -0.316 e. The van der Waals surface area contributed by atoms with Crippen LogP contribution in [0, 0.1) is 0 Å². The number of nitrogens with one attached hydrogen (secondary N) is 2. The Balaban J connectivity index is 1.78. The molecule has 24 heavy (non-hydrogen) atoms. The quantitative estimate of drug-likeness (QED) is 0.821. The van der Waals surface area contributed by atoms with Crippen LogP contribution in [0.5, 0.6) is 0 Å². The number of nitrogens with zero attached hydrogens (tertiary/aromatic N) is 2.